The fourth-order valence-electron chi connectivity index (χ4n) is 2.91. The highest BCUT2D eigenvalue weighted by atomic mass is 32.2. The van der Waals surface area contributed by atoms with E-state index in [0.717, 1.165) is 46.8 Å². The zero-order chi connectivity index (χ0) is 18.4. The molecule has 1 heterocycles. The zero-order valence-corrected chi connectivity index (χ0v) is 14.9. The Hall–Kier alpha value is -2.00. The average molecular weight is 386 g/mol. The maximum absolute atomic E-state index is 13.3. The highest BCUT2D eigenvalue weighted by Gasteiger charge is 2.29. The van der Waals surface area contributed by atoms with E-state index in [-0.39, 0.29) is 10.6 Å². The first-order chi connectivity index (χ1) is 11.7. The van der Waals surface area contributed by atoms with E-state index in [0.29, 0.717) is 18.4 Å². The van der Waals surface area contributed by atoms with Gasteiger partial charge in [0.25, 0.3) is 15.9 Å². The largest absolute Gasteiger partial charge is 0.365 e. The predicted molar refractivity (Wildman–Crippen MR) is 91.2 cm³/mol. The Labute approximate surface area is 147 Å². The lowest BCUT2D eigenvalue weighted by Gasteiger charge is -2.18. The number of carbonyl (C=O) groups excluding carboxylic acids is 1. The molecule has 1 aliphatic carbocycles. The molecular formula is C16H16F2N2O3S2. The van der Waals surface area contributed by atoms with E-state index >= 15 is 0 Å². The van der Waals surface area contributed by atoms with Crippen molar-refractivity contribution >= 4 is 32.3 Å². The molecule has 3 rings (SSSR count). The van der Waals surface area contributed by atoms with Crippen LogP contribution in [0.2, 0.25) is 0 Å². The molecule has 5 nitrogen and oxygen atoms in total. The Balaban J connectivity index is 2.02. The van der Waals surface area contributed by atoms with Gasteiger partial charge in [0, 0.05) is 4.88 Å². The van der Waals surface area contributed by atoms with E-state index in [1.54, 1.807) is 0 Å². The number of benzene rings is 1. The number of nitrogens with one attached hydrogen (secondary N) is 1. The van der Waals surface area contributed by atoms with Gasteiger partial charge in [0.2, 0.25) is 0 Å². The fourth-order valence-corrected chi connectivity index (χ4v) is 5.64. The molecule has 1 amide bonds. The molecule has 0 fully saturated rings. The van der Waals surface area contributed by atoms with Crippen molar-refractivity contribution in [1.29, 1.82) is 0 Å². The van der Waals surface area contributed by atoms with Crippen LogP contribution in [-0.2, 0) is 22.9 Å². The van der Waals surface area contributed by atoms with Crippen molar-refractivity contribution in [3.8, 4) is 0 Å². The van der Waals surface area contributed by atoms with Gasteiger partial charge in [0.1, 0.15) is 5.00 Å². The molecule has 0 unspecified atom stereocenters. The zero-order valence-electron chi connectivity index (χ0n) is 13.3. The fraction of sp³-hybridized carbons (Fsp3) is 0.312. The number of sulfonamides is 1. The van der Waals surface area contributed by atoms with Crippen molar-refractivity contribution in [2.75, 3.05) is 4.72 Å². The molecule has 3 N–H and O–H groups in total. The number of hydrogen-bond acceptors (Lipinski definition) is 4. The van der Waals surface area contributed by atoms with Gasteiger partial charge in [-0.15, -0.1) is 11.3 Å². The van der Waals surface area contributed by atoms with Crippen LogP contribution in [-0.4, -0.2) is 14.3 Å². The van der Waals surface area contributed by atoms with Crippen LogP contribution in [0.4, 0.5) is 13.8 Å². The van der Waals surface area contributed by atoms with Crippen LogP contribution in [0.15, 0.2) is 23.1 Å². The molecule has 1 aromatic carbocycles. The lowest BCUT2D eigenvalue weighted by Crippen LogP contribution is -2.19. The van der Waals surface area contributed by atoms with Gasteiger partial charge in [-0.25, -0.2) is 17.2 Å². The smallest absolute Gasteiger partial charge is 0.262 e. The number of carbonyl (C=O) groups is 1. The van der Waals surface area contributed by atoms with Crippen LogP contribution < -0.4 is 10.5 Å². The van der Waals surface area contributed by atoms with E-state index in [1.807, 2.05) is 0 Å². The summed E-state index contributed by atoms with van der Waals surface area (Å²) in [5, 5.41) is 0.122. The van der Waals surface area contributed by atoms with Crippen molar-refractivity contribution in [1.82, 2.24) is 0 Å². The summed E-state index contributed by atoms with van der Waals surface area (Å²) in [6.07, 6.45) is 2.28. The quantitative estimate of drug-likeness (QED) is 0.846. The summed E-state index contributed by atoms with van der Waals surface area (Å²) < 4.78 is 53.6. The number of nitrogens with two attached hydrogens (primary N) is 1. The molecule has 0 saturated carbocycles. The lowest BCUT2D eigenvalue weighted by molar-refractivity contribution is 0.100. The van der Waals surface area contributed by atoms with Crippen LogP contribution in [0.5, 0.6) is 0 Å². The molecule has 0 bridgehead atoms. The number of thiophene rings is 1. The number of hydrogen-bond donors (Lipinski definition) is 2. The highest BCUT2D eigenvalue weighted by molar-refractivity contribution is 7.93. The molecule has 134 valence electrons. The summed E-state index contributed by atoms with van der Waals surface area (Å²) in [5.74, 6) is -2.69. The minimum absolute atomic E-state index is 0.122. The van der Waals surface area contributed by atoms with Crippen LogP contribution in [0.1, 0.15) is 34.1 Å². The Morgan fingerprint density at radius 1 is 1.32 bits per heavy atom. The maximum Gasteiger partial charge on any atom is 0.262 e. The molecule has 1 aromatic heterocycles. The second-order valence-electron chi connectivity index (χ2n) is 6.10. The van der Waals surface area contributed by atoms with Gasteiger partial charge in [0.05, 0.1) is 10.5 Å². The second kappa shape index (κ2) is 6.38. The van der Waals surface area contributed by atoms with Gasteiger partial charge in [0.15, 0.2) is 11.6 Å². The third kappa shape index (κ3) is 3.38. The number of primary amides is 1. The van der Waals surface area contributed by atoms with Crippen molar-refractivity contribution in [3.63, 3.8) is 0 Å². The number of halogens is 2. The average Bonchev–Trinajstić information content (AvgIpc) is 2.85. The SMILES string of the molecule is C[C@H]1CCc2c(sc(NS(=O)(=O)c3ccc(F)c(F)c3)c2C(N)=O)C1. The van der Waals surface area contributed by atoms with Crippen molar-refractivity contribution in [3.05, 3.63) is 45.8 Å². The van der Waals surface area contributed by atoms with Gasteiger partial charge in [-0.3, -0.25) is 9.52 Å². The van der Waals surface area contributed by atoms with Crippen molar-refractivity contribution in [2.45, 2.75) is 31.1 Å². The van der Waals surface area contributed by atoms with Crippen molar-refractivity contribution in [2.24, 2.45) is 11.7 Å². The van der Waals surface area contributed by atoms with Gasteiger partial charge in [-0.1, -0.05) is 6.92 Å². The minimum Gasteiger partial charge on any atom is -0.365 e. The molecule has 25 heavy (non-hydrogen) atoms. The van der Waals surface area contributed by atoms with Gasteiger partial charge in [-0.2, -0.15) is 0 Å². The Morgan fingerprint density at radius 2 is 2.04 bits per heavy atom. The number of amides is 1. The highest BCUT2D eigenvalue weighted by Crippen LogP contribution is 2.40. The van der Waals surface area contributed by atoms with Gasteiger partial charge >= 0.3 is 0 Å². The van der Waals surface area contributed by atoms with Crippen molar-refractivity contribution < 1.29 is 22.0 Å². The first-order valence-electron chi connectivity index (χ1n) is 7.61. The third-order valence-corrected chi connectivity index (χ3v) is 6.83. The maximum atomic E-state index is 13.3. The molecule has 0 spiro atoms. The Morgan fingerprint density at radius 3 is 2.68 bits per heavy atom. The monoisotopic (exact) mass is 386 g/mol. The Kier molecular flexibility index (Phi) is 4.54. The Bertz CT molecular complexity index is 955. The van der Waals surface area contributed by atoms with Crippen LogP contribution in [0, 0.1) is 17.6 Å². The van der Waals surface area contributed by atoms with Crippen LogP contribution in [0.3, 0.4) is 0 Å². The molecule has 2 aromatic rings. The van der Waals surface area contributed by atoms with E-state index in [4.69, 9.17) is 5.73 Å². The van der Waals surface area contributed by atoms with Gasteiger partial charge < -0.3 is 5.73 Å². The van der Waals surface area contributed by atoms with E-state index in [1.165, 1.54) is 0 Å². The van der Waals surface area contributed by atoms with E-state index in [2.05, 4.69) is 11.6 Å². The summed E-state index contributed by atoms with van der Waals surface area (Å²) in [7, 11) is -4.18. The molecule has 1 aliphatic rings. The summed E-state index contributed by atoms with van der Waals surface area (Å²) in [5.41, 5.74) is 6.38. The number of fused-ring (bicyclic) bond motifs is 1. The molecule has 0 saturated heterocycles. The molecule has 9 heteroatoms. The van der Waals surface area contributed by atoms with Crippen LogP contribution >= 0.6 is 11.3 Å². The molecular weight excluding hydrogens is 370 g/mol. The molecule has 1 atom stereocenters. The predicted octanol–water partition coefficient (Wildman–Crippen LogP) is 3.05. The van der Waals surface area contributed by atoms with E-state index in [9.17, 15) is 22.0 Å². The first-order valence-corrected chi connectivity index (χ1v) is 9.91. The summed E-state index contributed by atoms with van der Waals surface area (Å²) in [6, 6.07) is 2.29. The van der Waals surface area contributed by atoms with E-state index < -0.39 is 32.5 Å². The molecule has 0 radical (unpaired) electrons. The first kappa shape index (κ1) is 17.8. The topological polar surface area (TPSA) is 89.3 Å². The van der Waals surface area contributed by atoms with Crippen LogP contribution in [0.25, 0.3) is 0 Å². The summed E-state index contributed by atoms with van der Waals surface area (Å²) >= 11 is 1.16. The third-order valence-electron chi connectivity index (χ3n) is 4.19. The second-order valence-corrected chi connectivity index (χ2v) is 8.89. The summed E-state index contributed by atoms with van der Waals surface area (Å²) in [4.78, 5) is 12.3. The minimum atomic E-state index is -4.18. The number of rotatable bonds is 4. The molecule has 0 aliphatic heterocycles. The normalized spacial score (nSPS) is 17.2. The number of anilines is 1. The standard InChI is InChI=1S/C16H16F2N2O3S2/c1-8-2-4-10-13(6-8)24-16(14(10)15(19)21)20-25(22,23)9-3-5-11(17)12(18)7-9/h3,5,7-8,20H,2,4,6H2,1H3,(H2,19,21)/t8-/m0/s1. The van der Waals surface area contributed by atoms with Gasteiger partial charge in [-0.05, 0) is 48.9 Å². The summed E-state index contributed by atoms with van der Waals surface area (Å²) in [6.45, 7) is 2.08. The lowest BCUT2D eigenvalue weighted by atomic mass is 9.88.